The fraction of sp³-hybridized carbons (Fsp3) is 0.500. The Balaban J connectivity index is 1.34. The van der Waals surface area contributed by atoms with Crippen molar-refractivity contribution in [3.8, 4) is 5.82 Å². The van der Waals surface area contributed by atoms with E-state index in [1.165, 1.54) is 43.5 Å². The monoisotopic (exact) mass is 337 g/mol. The zero-order chi connectivity index (χ0) is 17.1. The van der Waals surface area contributed by atoms with Crippen molar-refractivity contribution in [2.24, 2.45) is 0 Å². The Morgan fingerprint density at radius 2 is 2.20 bits per heavy atom. The van der Waals surface area contributed by atoms with Gasteiger partial charge in [-0.1, -0.05) is 12.1 Å². The molecule has 25 heavy (non-hydrogen) atoms. The molecule has 0 amide bonds. The molecule has 0 spiro atoms. The Hall–Kier alpha value is -1.98. The lowest BCUT2D eigenvalue weighted by atomic mass is 10.0. The van der Waals surface area contributed by atoms with Gasteiger partial charge in [0.25, 0.3) is 0 Å². The molecule has 0 N–H and O–H groups in total. The summed E-state index contributed by atoms with van der Waals surface area (Å²) in [5, 5.41) is 4.47. The molecule has 0 bridgehead atoms. The summed E-state index contributed by atoms with van der Waals surface area (Å²) in [6.07, 6.45) is 13.4. The first-order chi connectivity index (χ1) is 12.3. The summed E-state index contributed by atoms with van der Waals surface area (Å²) in [6.45, 7) is 4.69. The first-order valence-corrected chi connectivity index (χ1v) is 9.38. The van der Waals surface area contributed by atoms with Gasteiger partial charge < -0.3 is 4.90 Å². The van der Waals surface area contributed by atoms with Crippen LogP contribution in [0.1, 0.15) is 31.2 Å². The molecule has 0 aromatic carbocycles. The highest BCUT2D eigenvalue weighted by atomic mass is 15.3. The summed E-state index contributed by atoms with van der Waals surface area (Å²) in [5.74, 6) is 0.868. The second-order valence-electron chi connectivity index (χ2n) is 7.21. The van der Waals surface area contributed by atoms with Crippen LogP contribution in [0.2, 0.25) is 0 Å². The lowest BCUT2D eigenvalue weighted by molar-refractivity contribution is 0.236. The summed E-state index contributed by atoms with van der Waals surface area (Å²) in [6, 6.07) is 6.69. The fourth-order valence-electron chi connectivity index (χ4n) is 3.96. The first kappa shape index (κ1) is 16.5. The molecule has 0 aliphatic carbocycles. The van der Waals surface area contributed by atoms with Crippen LogP contribution in [-0.4, -0.2) is 63.8 Å². The molecule has 4 heterocycles. The average Bonchev–Trinajstić information content (AvgIpc) is 3.30. The molecule has 2 aromatic heterocycles. The van der Waals surface area contributed by atoms with Crippen molar-refractivity contribution >= 4 is 5.57 Å². The number of hydrogen-bond donors (Lipinski definition) is 0. The molecule has 4 rings (SSSR count). The predicted octanol–water partition coefficient (Wildman–Crippen LogP) is 2.84. The standard InChI is InChI=1S/C20H27N5/c1-23-11-4-5-19(23)9-14-24-12-7-17(8-13-24)18-15-22-25(16-18)20-6-2-3-10-21-20/h2-3,6-7,10,15-16,19H,4-5,8-9,11-14H2,1H3. The number of nitrogens with zero attached hydrogens (tertiary/aromatic N) is 5. The van der Waals surface area contributed by atoms with Crippen LogP contribution >= 0.6 is 0 Å². The van der Waals surface area contributed by atoms with Gasteiger partial charge in [-0.2, -0.15) is 5.10 Å². The van der Waals surface area contributed by atoms with E-state index < -0.39 is 0 Å². The van der Waals surface area contributed by atoms with Gasteiger partial charge in [-0.05, 0) is 63.5 Å². The van der Waals surface area contributed by atoms with Crippen LogP contribution in [0.15, 0.2) is 42.9 Å². The maximum Gasteiger partial charge on any atom is 0.153 e. The minimum Gasteiger partial charge on any atom is -0.303 e. The summed E-state index contributed by atoms with van der Waals surface area (Å²) in [4.78, 5) is 9.46. The van der Waals surface area contributed by atoms with Crippen LogP contribution in [0.5, 0.6) is 0 Å². The molecule has 2 aliphatic rings. The Bertz CT molecular complexity index is 721. The van der Waals surface area contributed by atoms with Crippen molar-refractivity contribution < 1.29 is 0 Å². The normalized spacial score (nSPS) is 22.3. The van der Waals surface area contributed by atoms with Crippen LogP contribution < -0.4 is 0 Å². The zero-order valence-electron chi connectivity index (χ0n) is 15.0. The molecule has 2 aliphatic heterocycles. The zero-order valence-corrected chi connectivity index (χ0v) is 15.0. The van der Waals surface area contributed by atoms with Crippen LogP contribution in [0.3, 0.4) is 0 Å². The fourth-order valence-corrected chi connectivity index (χ4v) is 3.96. The van der Waals surface area contributed by atoms with Gasteiger partial charge in [0.2, 0.25) is 0 Å². The number of pyridine rings is 1. The van der Waals surface area contributed by atoms with Crippen molar-refractivity contribution in [1.82, 2.24) is 24.6 Å². The molecule has 5 heteroatoms. The smallest absolute Gasteiger partial charge is 0.153 e. The predicted molar refractivity (Wildman–Crippen MR) is 101 cm³/mol. The summed E-state index contributed by atoms with van der Waals surface area (Å²) in [5.41, 5.74) is 2.64. The third kappa shape index (κ3) is 3.83. The Kier molecular flexibility index (Phi) is 4.95. The van der Waals surface area contributed by atoms with Crippen molar-refractivity contribution in [3.63, 3.8) is 0 Å². The molecule has 132 valence electrons. The third-order valence-corrected chi connectivity index (χ3v) is 5.58. The lowest BCUT2D eigenvalue weighted by Gasteiger charge is -2.28. The minimum absolute atomic E-state index is 0.794. The van der Waals surface area contributed by atoms with Gasteiger partial charge in [0.15, 0.2) is 5.82 Å². The first-order valence-electron chi connectivity index (χ1n) is 9.38. The van der Waals surface area contributed by atoms with E-state index >= 15 is 0 Å². The highest BCUT2D eigenvalue weighted by Crippen LogP contribution is 2.24. The van der Waals surface area contributed by atoms with E-state index in [9.17, 15) is 0 Å². The largest absolute Gasteiger partial charge is 0.303 e. The van der Waals surface area contributed by atoms with Crippen LogP contribution in [0.25, 0.3) is 11.4 Å². The SMILES string of the molecule is CN1CCCC1CCN1CC=C(c2cnn(-c3ccccn3)c2)CC1. The van der Waals surface area contributed by atoms with Gasteiger partial charge in [-0.15, -0.1) is 0 Å². The van der Waals surface area contributed by atoms with Gasteiger partial charge in [-0.25, -0.2) is 9.67 Å². The van der Waals surface area contributed by atoms with Crippen molar-refractivity contribution in [3.05, 3.63) is 48.4 Å². The highest BCUT2D eigenvalue weighted by molar-refractivity contribution is 5.65. The molecule has 1 atom stereocenters. The number of rotatable bonds is 5. The molecular weight excluding hydrogens is 310 g/mol. The Morgan fingerprint density at radius 1 is 1.24 bits per heavy atom. The van der Waals surface area contributed by atoms with Gasteiger partial charge in [0, 0.05) is 37.1 Å². The highest BCUT2D eigenvalue weighted by Gasteiger charge is 2.22. The number of aromatic nitrogens is 3. The van der Waals surface area contributed by atoms with Gasteiger partial charge >= 0.3 is 0 Å². The van der Waals surface area contributed by atoms with Gasteiger partial charge in [-0.3, -0.25) is 4.90 Å². The van der Waals surface area contributed by atoms with Crippen LogP contribution in [0.4, 0.5) is 0 Å². The molecule has 1 fully saturated rings. The Labute approximate surface area is 150 Å². The van der Waals surface area contributed by atoms with E-state index in [0.29, 0.717) is 0 Å². The summed E-state index contributed by atoms with van der Waals surface area (Å²) >= 11 is 0. The molecular formula is C20H27N5. The van der Waals surface area contributed by atoms with Crippen molar-refractivity contribution in [1.29, 1.82) is 0 Å². The molecule has 1 saturated heterocycles. The minimum atomic E-state index is 0.794. The van der Waals surface area contributed by atoms with E-state index in [1.54, 1.807) is 6.20 Å². The molecule has 0 radical (unpaired) electrons. The van der Waals surface area contributed by atoms with Crippen LogP contribution in [0, 0.1) is 0 Å². The van der Waals surface area contributed by atoms with Gasteiger partial charge in [0.1, 0.15) is 0 Å². The number of likely N-dealkylation sites (tertiary alicyclic amines) is 1. The van der Waals surface area contributed by atoms with Crippen molar-refractivity contribution in [2.45, 2.75) is 31.7 Å². The molecule has 0 saturated carbocycles. The maximum absolute atomic E-state index is 4.47. The molecule has 1 unspecified atom stereocenters. The topological polar surface area (TPSA) is 37.2 Å². The van der Waals surface area contributed by atoms with E-state index in [0.717, 1.165) is 31.4 Å². The Morgan fingerprint density at radius 3 is 2.92 bits per heavy atom. The lowest BCUT2D eigenvalue weighted by Crippen LogP contribution is -2.34. The second-order valence-corrected chi connectivity index (χ2v) is 7.21. The summed E-state index contributed by atoms with van der Waals surface area (Å²) < 4.78 is 1.86. The van der Waals surface area contributed by atoms with E-state index in [2.05, 4.69) is 39.2 Å². The number of hydrogen-bond acceptors (Lipinski definition) is 4. The maximum atomic E-state index is 4.47. The second kappa shape index (κ2) is 7.50. The van der Waals surface area contributed by atoms with E-state index in [1.807, 2.05) is 29.1 Å². The molecule has 5 nitrogen and oxygen atoms in total. The third-order valence-electron chi connectivity index (χ3n) is 5.58. The average molecular weight is 337 g/mol. The van der Waals surface area contributed by atoms with E-state index in [4.69, 9.17) is 0 Å². The van der Waals surface area contributed by atoms with Crippen LogP contribution in [-0.2, 0) is 0 Å². The quantitative estimate of drug-likeness (QED) is 0.841. The van der Waals surface area contributed by atoms with Crippen molar-refractivity contribution in [2.75, 3.05) is 33.2 Å². The van der Waals surface area contributed by atoms with Gasteiger partial charge in [0.05, 0.1) is 6.20 Å². The molecule has 2 aromatic rings. The summed E-state index contributed by atoms with van der Waals surface area (Å²) in [7, 11) is 2.27. The van der Waals surface area contributed by atoms with E-state index in [-0.39, 0.29) is 0 Å².